The number of hydrogen-bond acceptors (Lipinski definition) is 5. The first kappa shape index (κ1) is 22.4. The number of aromatic amines is 1. The summed E-state index contributed by atoms with van der Waals surface area (Å²) in [6.07, 6.45) is 2.31. The topological polar surface area (TPSA) is 112 Å². The third-order valence-electron chi connectivity index (χ3n) is 6.39. The molecule has 0 bridgehead atoms. The second-order valence-electron chi connectivity index (χ2n) is 8.55. The average molecular weight is 483 g/mol. The molecule has 2 aromatic carbocycles. The summed E-state index contributed by atoms with van der Waals surface area (Å²) in [6, 6.07) is 12.5. The second-order valence-corrected chi connectivity index (χ2v) is 10.5. The maximum absolute atomic E-state index is 13.2. The van der Waals surface area contributed by atoms with Crippen molar-refractivity contribution in [3.63, 3.8) is 0 Å². The standard InChI is InChI=1S/C24H26N4O5S/c1-16-24(30)26-21-14-18(7-8-22(21)33-16)34(31,32)28-12-10-27(11-13-28)23(29)9-6-17-15-25-20-5-3-2-4-19(17)20/h2-5,7-8,14-16,25H,6,9-13H2,1H3,(H,26,30). The van der Waals surface area contributed by atoms with Crippen LogP contribution in [0.25, 0.3) is 10.9 Å². The Morgan fingerprint density at radius 3 is 2.68 bits per heavy atom. The van der Waals surface area contributed by atoms with Crippen molar-refractivity contribution in [1.29, 1.82) is 0 Å². The van der Waals surface area contributed by atoms with Crippen molar-refractivity contribution in [3.8, 4) is 5.75 Å². The van der Waals surface area contributed by atoms with Gasteiger partial charge in [-0.3, -0.25) is 9.59 Å². The molecule has 178 valence electrons. The van der Waals surface area contributed by atoms with Crippen LogP contribution in [0.1, 0.15) is 18.9 Å². The molecule has 2 aliphatic rings. The van der Waals surface area contributed by atoms with Gasteiger partial charge in [0.05, 0.1) is 10.6 Å². The summed E-state index contributed by atoms with van der Waals surface area (Å²) in [5.74, 6) is 0.142. The smallest absolute Gasteiger partial charge is 0.265 e. The lowest BCUT2D eigenvalue weighted by atomic mass is 10.1. The lowest BCUT2D eigenvalue weighted by Crippen LogP contribution is -2.50. The lowest BCUT2D eigenvalue weighted by Gasteiger charge is -2.34. The fraction of sp³-hybridized carbons (Fsp3) is 0.333. The van der Waals surface area contributed by atoms with Crippen LogP contribution in [0.5, 0.6) is 5.75 Å². The maximum Gasteiger partial charge on any atom is 0.265 e. The van der Waals surface area contributed by atoms with Crippen LogP contribution in [0.2, 0.25) is 0 Å². The first-order chi connectivity index (χ1) is 16.3. The molecule has 5 rings (SSSR count). The molecule has 0 aliphatic carbocycles. The highest BCUT2D eigenvalue weighted by atomic mass is 32.2. The summed E-state index contributed by atoms with van der Waals surface area (Å²) in [5.41, 5.74) is 2.49. The summed E-state index contributed by atoms with van der Waals surface area (Å²) in [7, 11) is -3.76. The third-order valence-corrected chi connectivity index (χ3v) is 8.29. The molecule has 2 aliphatic heterocycles. The van der Waals surface area contributed by atoms with Gasteiger partial charge in [0.15, 0.2) is 6.10 Å². The predicted molar refractivity (Wildman–Crippen MR) is 127 cm³/mol. The number of piperazine rings is 1. The largest absolute Gasteiger partial charge is 0.479 e. The summed E-state index contributed by atoms with van der Waals surface area (Å²) in [6.45, 7) is 2.75. The van der Waals surface area contributed by atoms with E-state index in [0.717, 1.165) is 16.5 Å². The number of amides is 2. The lowest BCUT2D eigenvalue weighted by molar-refractivity contribution is -0.132. The van der Waals surface area contributed by atoms with Gasteiger partial charge in [0.25, 0.3) is 5.91 Å². The average Bonchev–Trinajstić information content (AvgIpc) is 3.26. The van der Waals surface area contributed by atoms with Crippen molar-refractivity contribution in [2.24, 2.45) is 0 Å². The van der Waals surface area contributed by atoms with Gasteiger partial charge in [0.2, 0.25) is 15.9 Å². The summed E-state index contributed by atoms with van der Waals surface area (Å²) in [4.78, 5) is 29.7. The van der Waals surface area contributed by atoms with E-state index in [1.165, 1.54) is 16.4 Å². The number of carbonyl (C=O) groups excluding carboxylic acids is 2. The molecule has 34 heavy (non-hydrogen) atoms. The van der Waals surface area contributed by atoms with E-state index in [-0.39, 0.29) is 29.8 Å². The van der Waals surface area contributed by atoms with E-state index in [9.17, 15) is 18.0 Å². The van der Waals surface area contributed by atoms with Crippen LogP contribution in [0, 0.1) is 0 Å². The number of H-pyrrole nitrogens is 1. The fourth-order valence-electron chi connectivity index (χ4n) is 4.41. The molecule has 0 radical (unpaired) electrons. The minimum absolute atomic E-state index is 0.0186. The summed E-state index contributed by atoms with van der Waals surface area (Å²) in [5, 5.41) is 3.80. The van der Waals surface area contributed by atoms with Gasteiger partial charge in [-0.15, -0.1) is 0 Å². The van der Waals surface area contributed by atoms with Gasteiger partial charge in [-0.2, -0.15) is 4.31 Å². The Labute approximate surface area is 197 Å². The van der Waals surface area contributed by atoms with E-state index < -0.39 is 16.1 Å². The van der Waals surface area contributed by atoms with Crippen LogP contribution < -0.4 is 10.1 Å². The molecule has 0 spiro atoms. The number of carbonyl (C=O) groups is 2. The van der Waals surface area contributed by atoms with Crippen molar-refractivity contribution < 1.29 is 22.7 Å². The molecule has 1 saturated heterocycles. The van der Waals surface area contributed by atoms with Gasteiger partial charge in [0.1, 0.15) is 5.75 Å². The Morgan fingerprint density at radius 1 is 1.12 bits per heavy atom. The number of aromatic nitrogens is 1. The molecule has 2 N–H and O–H groups in total. The second kappa shape index (κ2) is 8.77. The molecular weight excluding hydrogens is 456 g/mol. The molecule has 3 aromatic rings. The van der Waals surface area contributed by atoms with E-state index in [0.29, 0.717) is 37.4 Å². The molecule has 1 aromatic heterocycles. The molecule has 1 atom stereocenters. The minimum atomic E-state index is -3.76. The highest BCUT2D eigenvalue weighted by molar-refractivity contribution is 7.89. The number of fused-ring (bicyclic) bond motifs is 2. The molecule has 10 heteroatoms. The van der Waals surface area contributed by atoms with Crippen molar-refractivity contribution in [1.82, 2.24) is 14.2 Å². The normalized spacial score (nSPS) is 18.9. The number of sulfonamides is 1. The van der Waals surface area contributed by atoms with Crippen LogP contribution in [-0.2, 0) is 26.0 Å². The van der Waals surface area contributed by atoms with Crippen LogP contribution in [0.4, 0.5) is 5.69 Å². The Morgan fingerprint density at radius 2 is 1.88 bits per heavy atom. The highest BCUT2D eigenvalue weighted by Crippen LogP contribution is 2.33. The zero-order valence-corrected chi connectivity index (χ0v) is 19.6. The first-order valence-electron chi connectivity index (χ1n) is 11.3. The minimum Gasteiger partial charge on any atom is -0.479 e. The number of nitrogens with one attached hydrogen (secondary N) is 2. The molecule has 3 heterocycles. The van der Waals surface area contributed by atoms with Crippen LogP contribution in [-0.4, -0.2) is 66.7 Å². The highest BCUT2D eigenvalue weighted by Gasteiger charge is 2.32. The maximum atomic E-state index is 13.2. The monoisotopic (exact) mass is 482 g/mol. The van der Waals surface area contributed by atoms with Crippen molar-refractivity contribution in [3.05, 3.63) is 54.2 Å². The van der Waals surface area contributed by atoms with Crippen molar-refractivity contribution in [2.45, 2.75) is 30.8 Å². The van der Waals surface area contributed by atoms with Crippen molar-refractivity contribution in [2.75, 3.05) is 31.5 Å². The fourth-order valence-corrected chi connectivity index (χ4v) is 5.86. The summed E-state index contributed by atoms with van der Waals surface area (Å²) >= 11 is 0. The Balaban J connectivity index is 1.20. The molecule has 2 amide bonds. The Kier molecular flexibility index (Phi) is 5.78. The molecule has 1 unspecified atom stereocenters. The first-order valence-corrected chi connectivity index (χ1v) is 12.7. The molecule has 9 nitrogen and oxygen atoms in total. The van der Waals surface area contributed by atoms with Gasteiger partial charge in [-0.05, 0) is 43.2 Å². The van der Waals surface area contributed by atoms with Gasteiger partial charge >= 0.3 is 0 Å². The van der Waals surface area contributed by atoms with E-state index in [2.05, 4.69) is 10.3 Å². The van der Waals surface area contributed by atoms with Crippen LogP contribution in [0.3, 0.4) is 0 Å². The predicted octanol–water partition coefficient (Wildman–Crippen LogP) is 2.35. The van der Waals surface area contributed by atoms with Crippen LogP contribution in [0.15, 0.2) is 53.6 Å². The SMILES string of the molecule is CC1Oc2ccc(S(=O)(=O)N3CCN(C(=O)CCc4c[nH]c5ccccc45)CC3)cc2NC1=O. The molecule has 1 fully saturated rings. The van der Waals surface area contributed by atoms with Crippen LogP contribution >= 0.6 is 0 Å². The zero-order valence-electron chi connectivity index (χ0n) is 18.8. The number of aryl methyl sites for hydroxylation is 1. The summed E-state index contributed by atoms with van der Waals surface area (Å²) < 4.78 is 33.2. The number of benzene rings is 2. The van der Waals surface area contributed by atoms with Crippen molar-refractivity contribution >= 4 is 38.4 Å². The number of hydrogen-bond donors (Lipinski definition) is 2. The van der Waals surface area contributed by atoms with E-state index >= 15 is 0 Å². The Hall–Kier alpha value is -3.37. The van der Waals surface area contributed by atoms with E-state index in [1.807, 2.05) is 30.5 Å². The number of anilines is 1. The third kappa shape index (κ3) is 4.14. The van der Waals surface area contributed by atoms with E-state index in [4.69, 9.17) is 4.74 Å². The quantitative estimate of drug-likeness (QED) is 0.580. The number of ether oxygens (including phenoxy) is 1. The van der Waals surface area contributed by atoms with Gasteiger partial charge < -0.3 is 19.9 Å². The van der Waals surface area contributed by atoms with Gasteiger partial charge in [-0.25, -0.2) is 8.42 Å². The Bertz CT molecular complexity index is 1360. The van der Waals surface area contributed by atoms with Gasteiger partial charge in [-0.1, -0.05) is 18.2 Å². The number of rotatable bonds is 5. The van der Waals surface area contributed by atoms with E-state index in [1.54, 1.807) is 17.9 Å². The zero-order chi connectivity index (χ0) is 23.9. The number of para-hydroxylation sites is 1. The van der Waals surface area contributed by atoms with Gasteiger partial charge in [0, 0.05) is 49.7 Å². The number of nitrogens with zero attached hydrogens (tertiary/aromatic N) is 2. The molecular formula is C24H26N4O5S. The molecule has 0 saturated carbocycles.